The van der Waals surface area contributed by atoms with Crippen molar-refractivity contribution in [2.45, 2.75) is 31.9 Å². The number of hydrogen-bond donors (Lipinski definition) is 0. The molecule has 1 heterocycles. The molecular formula is C8H14N2O. The maximum atomic E-state index is 8.75. The lowest BCUT2D eigenvalue weighted by atomic mass is 10.0. The van der Waals surface area contributed by atoms with Crippen molar-refractivity contribution in [3.63, 3.8) is 0 Å². The second kappa shape index (κ2) is 3.10. The van der Waals surface area contributed by atoms with Gasteiger partial charge in [-0.05, 0) is 26.2 Å². The van der Waals surface area contributed by atoms with Crippen molar-refractivity contribution in [2.75, 3.05) is 13.7 Å². The molecule has 0 bridgehead atoms. The Hall–Kier alpha value is -0.750. The summed E-state index contributed by atoms with van der Waals surface area (Å²) in [6, 6.07) is 0. The summed E-state index contributed by atoms with van der Waals surface area (Å²) in [7, 11) is 1.66. The number of hydrogen-bond acceptors (Lipinski definition) is 3. The first-order valence-electron chi connectivity index (χ1n) is 3.95. The predicted octanol–water partition coefficient (Wildman–Crippen LogP) is 1.32. The Morgan fingerprint density at radius 1 is 1.55 bits per heavy atom. The zero-order valence-electron chi connectivity index (χ0n) is 7.13. The molecule has 1 saturated heterocycles. The second-order valence-corrected chi connectivity index (χ2v) is 3.09. The minimum absolute atomic E-state index is 0.340. The van der Waals surface area contributed by atoms with Crippen LogP contribution in [0, 0.1) is 11.5 Å². The topological polar surface area (TPSA) is 36.3 Å². The molecule has 3 nitrogen and oxygen atoms in total. The molecule has 1 unspecified atom stereocenters. The minimum Gasteiger partial charge on any atom is -0.359 e. The van der Waals surface area contributed by atoms with Crippen molar-refractivity contribution in [1.82, 2.24) is 4.90 Å². The summed E-state index contributed by atoms with van der Waals surface area (Å²) in [5.41, 5.74) is -0.340. The number of nitrogens with zero attached hydrogens (tertiary/aromatic N) is 2. The minimum atomic E-state index is -0.340. The van der Waals surface area contributed by atoms with Gasteiger partial charge in [-0.15, -0.1) is 0 Å². The van der Waals surface area contributed by atoms with Crippen LogP contribution in [-0.2, 0) is 4.74 Å². The van der Waals surface area contributed by atoms with Gasteiger partial charge in [0.05, 0.1) is 0 Å². The molecule has 0 radical (unpaired) electrons. The highest BCUT2D eigenvalue weighted by atomic mass is 16.5. The van der Waals surface area contributed by atoms with Crippen LogP contribution in [0.3, 0.4) is 0 Å². The fraction of sp³-hybridized carbons (Fsp3) is 0.875. The molecule has 1 fully saturated rings. The van der Waals surface area contributed by atoms with E-state index >= 15 is 0 Å². The van der Waals surface area contributed by atoms with Gasteiger partial charge in [0.1, 0.15) is 5.72 Å². The third kappa shape index (κ3) is 1.46. The molecular weight excluding hydrogens is 140 g/mol. The molecule has 0 saturated carbocycles. The molecule has 0 aromatic rings. The lowest BCUT2D eigenvalue weighted by Gasteiger charge is -2.39. The van der Waals surface area contributed by atoms with Crippen molar-refractivity contribution in [1.29, 1.82) is 5.26 Å². The molecule has 0 aromatic heterocycles. The van der Waals surface area contributed by atoms with Crippen LogP contribution in [0.4, 0.5) is 0 Å². The summed E-state index contributed by atoms with van der Waals surface area (Å²) in [4.78, 5) is 1.72. The quantitative estimate of drug-likeness (QED) is 0.534. The van der Waals surface area contributed by atoms with Crippen molar-refractivity contribution in [3.05, 3.63) is 0 Å². The van der Waals surface area contributed by atoms with Gasteiger partial charge in [-0.2, -0.15) is 5.26 Å². The standard InChI is InChI=1S/C8H14N2O/c1-8(11-2)5-3-4-6-10(8)7-9/h3-6H2,1-2H3. The van der Waals surface area contributed by atoms with Gasteiger partial charge in [0.25, 0.3) is 0 Å². The van der Waals surface area contributed by atoms with Gasteiger partial charge in [0.2, 0.25) is 0 Å². The van der Waals surface area contributed by atoms with Gasteiger partial charge in [0.15, 0.2) is 6.19 Å². The SMILES string of the molecule is COC1(C)CCCCN1C#N. The number of rotatable bonds is 1. The summed E-state index contributed by atoms with van der Waals surface area (Å²) in [6.45, 7) is 2.80. The van der Waals surface area contributed by atoms with E-state index in [0.29, 0.717) is 0 Å². The molecule has 0 aliphatic carbocycles. The number of likely N-dealkylation sites (tertiary alicyclic amines) is 1. The van der Waals surface area contributed by atoms with Crippen LogP contribution >= 0.6 is 0 Å². The Labute approximate surface area is 67.6 Å². The average Bonchev–Trinajstić information content (AvgIpc) is 2.05. The third-order valence-corrected chi connectivity index (χ3v) is 2.40. The van der Waals surface area contributed by atoms with Crippen LogP contribution < -0.4 is 0 Å². The molecule has 0 aromatic carbocycles. The van der Waals surface area contributed by atoms with E-state index in [1.807, 2.05) is 6.92 Å². The summed E-state index contributed by atoms with van der Waals surface area (Å²) >= 11 is 0. The summed E-state index contributed by atoms with van der Waals surface area (Å²) in [6.07, 6.45) is 5.37. The Morgan fingerprint density at radius 3 is 2.73 bits per heavy atom. The third-order valence-electron chi connectivity index (χ3n) is 2.40. The molecule has 0 spiro atoms. The molecule has 0 amide bonds. The van der Waals surface area contributed by atoms with E-state index in [0.717, 1.165) is 25.8 Å². The Kier molecular flexibility index (Phi) is 2.35. The molecule has 3 heteroatoms. The molecule has 11 heavy (non-hydrogen) atoms. The van der Waals surface area contributed by atoms with E-state index in [4.69, 9.17) is 10.00 Å². The zero-order valence-corrected chi connectivity index (χ0v) is 7.13. The Morgan fingerprint density at radius 2 is 2.27 bits per heavy atom. The maximum Gasteiger partial charge on any atom is 0.181 e. The fourth-order valence-electron chi connectivity index (χ4n) is 1.46. The van der Waals surface area contributed by atoms with Crippen LogP contribution in [0.15, 0.2) is 0 Å². The van der Waals surface area contributed by atoms with Crippen LogP contribution in [0.2, 0.25) is 0 Å². The largest absolute Gasteiger partial charge is 0.359 e. The van der Waals surface area contributed by atoms with E-state index in [2.05, 4.69) is 6.19 Å². The first kappa shape index (κ1) is 8.35. The van der Waals surface area contributed by atoms with E-state index in [9.17, 15) is 0 Å². The van der Waals surface area contributed by atoms with Crippen molar-refractivity contribution < 1.29 is 4.74 Å². The monoisotopic (exact) mass is 154 g/mol. The van der Waals surface area contributed by atoms with Crippen LogP contribution in [0.5, 0.6) is 0 Å². The van der Waals surface area contributed by atoms with Crippen molar-refractivity contribution in [3.8, 4) is 6.19 Å². The lowest BCUT2D eigenvalue weighted by Crippen LogP contribution is -2.48. The summed E-state index contributed by atoms with van der Waals surface area (Å²) in [5, 5.41) is 8.75. The van der Waals surface area contributed by atoms with Gasteiger partial charge in [-0.3, -0.25) is 4.90 Å². The van der Waals surface area contributed by atoms with Crippen LogP contribution in [-0.4, -0.2) is 24.3 Å². The molecule has 1 atom stereocenters. The van der Waals surface area contributed by atoms with Crippen LogP contribution in [0.25, 0.3) is 0 Å². The predicted molar refractivity (Wildman–Crippen MR) is 41.6 cm³/mol. The normalized spacial score (nSPS) is 31.5. The Balaban J connectivity index is 2.67. The van der Waals surface area contributed by atoms with Gasteiger partial charge in [0, 0.05) is 13.7 Å². The molecule has 62 valence electrons. The molecule has 1 aliphatic heterocycles. The summed E-state index contributed by atoms with van der Waals surface area (Å²) in [5.74, 6) is 0. The van der Waals surface area contributed by atoms with E-state index in [-0.39, 0.29) is 5.72 Å². The van der Waals surface area contributed by atoms with Gasteiger partial charge in [-0.1, -0.05) is 0 Å². The van der Waals surface area contributed by atoms with E-state index in [1.165, 1.54) is 0 Å². The number of nitriles is 1. The van der Waals surface area contributed by atoms with Crippen molar-refractivity contribution in [2.24, 2.45) is 0 Å². The molecule has 1 aliphatic rings. The highest BCUT2D eigenvalue weighted by molar-refractivity contribution is 4.89. The van der Waals surface area contributed by atoms with E-state index in [1.54, 1.807) is 12.0 Å². The van der Waals surface area contributed by atoms with Gasteiger partial charge in [-0.25, -0.2) is 0 Å². The number of methoxy groups -OCH3 is 1. The zero-order chi connectivity index (χ0) is 8.32. The van der Waals surface area contributed by atoms with Gasteiger partial charge < -0.3 is 4.74 Å². The van der Waals surface area contributed by atoms with E-state index < -0.39 is 0 Å². The Bertz CT molecular complexity index is 175. The summed E-state index contributed by atoms with van der Waals surface area (Å²) < 4.78 is 5.29. The number of piperidine rings is 1. The first-order valence-corrected chi connectivity index (χ1v) is 3.95. The molecule has 1 rings (SSSR count). The highest BCUT2D eigenvalue weighted by Crippen LogP contribution is 2.27. The fourth-order valence-corrected chi connectivity index (χ4v) is 1.46. The molecule has 0 N–H and O–H groups in total. The maximum absolute atomic E-state index is 8.75. The average molecular weight is 154 g/mol. The highest BCUT2D eigenvalue weighted by Gasteiger charge is 2.33. The van der Waals surface area contributed by atoms with Gasteiger partial charge >= 0.3 is 0 Å². The second-order valence-electron chi connectivity index (χ2n) is 3.09. The van der Waals surface area contributed by atoms with Crippen molar-refractivity contribution >= 4 is 0 Å². The number of ether oxygens (including phenoxy) is 1. The first-order chi connectivity index (χ1) is 5.23. The lowest BCUT2D eigenvalue weighted by molar-refractivity contribution is -0.116. The van der Waals surface area contributed by atoms with Crippen LogP contribution in [0.1, 0.15) is 26.2 Å². The smallest absolute Gasteiger partial charge is 0.181 e.